The number of esters is 1. The normalized spacial score (nSPS) is 18.3. The second-order valence-corrected chi connectivity index (χ2v) is 24.9. The molecule has 1 aliphatic rings. The van der Waals surface area contributed by atoms with E-state index in [-0.39, 0.29) is 18.5 Å². The van der Waals surface area contributed by atoms with Gasteiger partial charge in [-0.05, 0) is 89.9 Å². The van der Waals surface area contributed by atoms with E-state index in [1.165, 1.54) is 225 Å². The highest BCUT2D eigenvalue weighted by atomic mass is 16.7. The van der Waals surface area contributed by atoms with Gasteiger partial charge < -0.3 is 45.1 Å². The standard InChI is InChI=1S/C74H135NO10/c1-3-5-7-9-11-13-15-17-33-37-40-44-48-52-56-60-67(77)66(65-84-74-73(82)72(81)71(80)68(64-76)85-74)75-69(78)61-57-53-49-45-41-38-34-31-29-27-25-23-21-19-18-20-22-24-26-28-30-32-35-39-43-47-51-55-59-63-83-70(79)62-58-54-50-46-42-36-16-14-12-10-8-6-4-2/h8,10,14,16,18,20,24,26,56,60,66-68,71-74,76-77,80-82H,3-7,9,11-13,15,17,19,21-23,25,27-55,57-59,61-65H2,1-2H3,(H,75,78)/b10-8-,16-14-,20-18-,26-24-,60-56+. The predicted octanol–water partition coefficient (Wildman–Crippen LogP) is 18.5. The first-order valence-electron chi connectivity index (χ1n) is 36.1. The quantitative estimate of drug-likeness (QED) is 0.0195. The predicted molar refractivity (Wildman–Crippen MR) is 357 cm³/mol. The number of allylic oxidation sites excluding steroid dienone is 9. The van der Waals surface area contributed by atoms with Crippen LogP contribution in [0.4, 0.5) is 0 Å². The minimum absolute atomic E-state index is 0.0123. The Kier molecular flexibility index (Phi) is 59.5. The number of nitrogens with one attached hydrogen (secondary N) is 1. The Hall–Kier alpha value is -2.64. The molecule has 496 valence electrons. The summed E-state index contributed by atoms with van der Waals surface area (Å²) in [7, 11) is 0. The van der Waals surface area contributed by atoms with E-state index < -0.39 is 49.5 Å². The molecule has 0 aromatic heterocycles. The number of carbonyl (C=O) groups is 2. The van der Waals surface area contributed by atoms with E-state index in [4.69, 9.17) is 14.2 Å². The number of aliphatic hydroxyl groups is 5. The Morgan fingerprint density at radius 3 is 1.24 bits per heavy atom. The zero-order valence-electron chi connectivity index (χ0n) is 55.1. The number of ether oxygens (including phenoxy) is 3. The highest BCUT2D eigenvalue weighted by molar-refractivity contribution is 5.76. The lowest BCUT2D eigenvalue weighted by Crippen LogP contribution is -2.60. The van der Waals surface area contributed by atoms with Gasteiger partial charge in [0, 0.05) is 12.8 Å². The minimum atomic E-state index is -1.57. The Morgan fingerprint density at radius 2 is 0.812 bits per heavy atom. The molecule has 1 saturated heterocycles. The summed E-state index contributed by atoms with van der Waals surface area (Å²) >= 11 is 0. The van der Waals surface area contributed by atoms with Crippen LogP contribution in [0.15, 0.2) is 60.8 Å². The lowest BCUT2D eigenvalue weighted by atomic mass is 9.99. The van der Waals surface area contributed by atoms with Gasteiger partial charge in [-0.1, -0.05) is 293 Å². The number of carbonyl (C=O) groups excluding carboxylic acids is 2. The Balaban J connectivity index is 2.01. The summed E-state index contributed by atoms with van der Waals surface area (Å²) in [5, 5.41) is 54.6. The minimum Gasteiger partial charge on any atom is -0.466 e. The number of rotatable bonds is 63. The average Bonchev–Trinajstić information content (AvgIpc) is 3.49. The third kappa shape index (κ3) is 51.9. The lowest BCUT2D eigenvalue weighted by molar-refractivity contribution is -0.302. The lowest BCUT2D eigenvalue weighted by Gasteiger charge is -2.40. The van der Waals surface area contributed by atoms with Crippen LogP contribution in [0, 0.1) is 0 Å². The highest BCUT2D eigenvalue weighted by Crippen LogP contribution is 2.23. The molecule has 1 rings (SSSR count). The molecule has 0 spiro atoms. The molecule has 0 bridgehead atoms. The third-order valence-electron chi connectivity index (χ3n) is 16.8. The van der Waals surface area contributed by atoms with Crippen LogP contribution < -0.4 is 5.32 Å². The Bertz CT molecular complexity index is 1600. The largest absolute Gasteiger partial charge is 0.466 e. The molecule has 1 aliphatic heterocycles. The molecule has 11 heteroatoms. The second-order valence-electron chi connectivity index (χ2n) is 24.9. The molecule has 7 atom stereocenters. The molecule has 1 heterocycles. The number of hydrogen-bond donors (Lipinski definition) is 6. The van der Waals surface area contributed by atoms with E-state index >= 15 is 0 Å². The molecule has 0 aliphatic carbocycles. The first-order valence-corrected chi connectivity index (χ1v) is 36.1. The van der Waals surface area contributed by atoms with Crippen molar-refractivity contribution in [3.63, 3.8) is 0 Å². The van der Waals surface area contributed by atoms with Gasteiger partial charge in [-0.25, -0.2) is 0 Å². The van der Waals surface area contributed by atoms with Gasteiger partial charge in [0.2, 0.25) is 5.91 Å². The van der Waals surface area contributed by atoms with E-state index in [0.29, 0.717) is 19.4 Å². The maximum Gasteiger partial charge on any atom is 0.305 e. The molecule has 1 amide bonds. The SMILES string of the molecule is CCC/C=C\C/C=C\CCCCCCCC(=O)OCCCCCCCCCCC/C=C\C/C=C\CCCCCCCCCCCCCCCC(=O)NC(COC1OC(CO)C(O)C(O)C1O)C(O)/C=C/CCCCCCCCCCCCCCC. The number of hydrogen-bond acceptors (Lipinski definition) is 10. The third-order valence-corrected chi connectivity index (χ3v) is 16.8. The zero-order chi connectivity index (χ0) is 61.6. The van der Waals surface area contributed by atoms with E-state index in [9.17, 15) is 35.1 Å². The molecule has 85 heavy (non-hydrogen) atoms. The van der Waals surface area contributed by atoms with Crippen LogP contribution in [-0.4, -0.2) is 100 Å². The summed E-state index contributed by atoms with van der Waals surface area (Å²) in [5.74, 6) is -0.193. The van der Waals surface area contributed by atoms with Gasteiger partial charge in [-0.3, -0.25) is 9.59 Å². The van der Waals surface area contributed by atoms with Crippen molar-refractivity contribution in [2.45, 2.75) is 378 Å². The van der Waals surface area contributed by atoms with E-state index in [2.05, 4.69) is 67.8 Å². The Labute approximate surface area is 522 Å². The van der Waals surface area contributed by atoms with Crippen molar-refractivity contribution < 1.29 is 49.3 Å². The average molecular weight is 1200 g/mol. The molecular weight excluding hydrogens is 1060 g/mol. The van der Waals surface area contributed by atoms with Crippen LogP contribution >= 0.6 is 0 Å². The van der Waals surface area contributed by atoms with Gasteiger partial charge >= 0.3 is 5.97 Å². The van der Waals surface area contributed by atoms with Crippen LogP contribution in [-0.2, 0) is 23.8 Å². The van der Waals surface area contributed by atoms with E-state index in [0.717, 1.165) is 83.5 Å². The topological polar surface area (TPSA) is 175 Å². The maximum atomic E-state index is 13.1. The zero-order valence-corrected chi connectivity index (χ0v) is 55.1. The fraction of sp³-hybridized carbons (Fsp3) is 0.838. The van der Waals surface area contributed by atoms with Crippen molar-refractivity contribution in [1.82, 2.24) is 5.32 Å². The first-order chi connectivity index (χ1) is 41.7. The highest BCUT2D eigenvalue weighted by Gasteiger charge is 2.44. The number of amides is 1. The van der Waals surface area contributed by atoms with E-state index in [1.54, 1.807) is 6.08 Å². The molecule has 7 unspecified atom stereocenters. The summed E-state index contributed by atoms with van der Waals surface area (Å²) in [6.45, 7) is 4.30. The van der Waals surface area contributed by atoms with Gasteiger partial charge in [0.15, 0.2) is 6.29 Å². The first kappa shape index (κ1) is 80.4. The number of unbranched alkanes of at least 4 members (excludes halogenated alkanes) is 41. The maximum absolute atomic E-state index is 13.1. The summed E-state index contributed by atoms with van der Waals surface area (Å²) in [5.41, 5.74) is 0. The van der Waals surface area contributed by atoms with Crippen molar-refractivity contribution in [3.05, 3.63) is 60.8 Å². The monoisotopic (exact) mass is 1200 g/mol. The van der Waals surface area contributed by atoms with Gasteiger partial charge in [-0.15, -0.1) is 0 Å². The molecule has 6 N–H and O–H groups in total. The van der Waals surface area contributed by atoms with Crippen molar-refractivity contribution in [1.29, 1.82) is 0 Å². The molecule has 0 radical (unpaired) electrons. The fourth-order valence-electron chi connectivity index (χ4n) is 11.2. The van der Waals surface area contributed by atoms with Crippen molar-refractivity contribution >= 4 is 11.9 Å². The van der Waals surface area contributed by atoms with Crippen molar-refractivity contribution in [2.24, 2.45) is 0 Å². The summed E-state index contributed by atoms with van der Waals surface area (Å²) in [6.07, 6.45) is 73.4. The molecule has 11 nitrogen and oxygen atoms in total. The van der Waals surface area contributed by atoms with E-state index in [1.807, 2.05) is 6.08 Å². The molecular formula is C74H135NO10. The fourth-order valence-corrected chi connectivity index (χ4v) is 11.2. The van der Waals surface area contributed by atoms with Crippen molar-refractivity contribution in [2.75, 3.05) is 19.8 Å². The van der Waals surface area contributed by atoms with Gasteiger partial charge in [0.05, 0.1) is 32.0 Å². The second kappa shape index (κ2) is 62.9. The molecule has 1 fully saturated rings. The van der Waals surface area contributed by atoms with Crippen LogP contribution in [0.3, 0.4) is 0 Å². The number of aliphatic hydroxyl groups excluding tert-OH is 5. The smallest absolute Gasteiger partial charge is 0.305 e. The summed E-state index contributed by atoms with van der Waals surface area (Å²) in [6, 6.07) is -0.812. The Morgan fingerprint density at radius 1 is 0.435 bits per heavy atom. The van der Waals surface area contributed by atoms with Crippen LogP contribution in [0.5, 0.6) is 0 Å². The summed E-state index contributed by atoms with van der Waals surface area (Å²) in [4.78, 5) is 25.1. The van der Waals surface area contributed by atoms with Crippen molar-refractivity contribution in [3.8, 4) is 0 Å². The van der Waals surface area contributed by atoms with Gasteiger partial charge in [0.25, 0.3) is 0 Å². The molecule has 0 aromatic carbocycles. The van der Waals surface area contributed by atoms with Crippen LogP contribution in [0.2, 0.25) is 0 Å². The van der Waals surface area contributed by atoms with Crippen LogP contribution in [0.25, 0.3) is 0 Å². The summed E-state index contributed by atoms with van der Waals surface area (Å²) < 4.78 is 16.8. The van der Waals surface area contributed by atoms with Gasteiger partial charge in [-0.2, -0.15) is 0 Å². The van der Waals surface area contributed by atoms with Crippen LogP contribution in [0.1, 0.15) is 335 Å². The molecule has 0 saturated carbocycles. The van der Waals surface area contributed by atoms with Gasteiger partial charge in [0.1, 0.15) is 24.4 Å². The molecule has 0 aromatic rings.